The van der Waals surface area contributed by atoms with Crippen molar-refractivity contribution in [2.75, 3.05) is 37.7 Å². The van der Waals surface area contributed by atoms with Crippen molar-refractivity contribution in [3.8, 4) is 11.6 Å². The van der Waals surface area contributed by atoms with E-state index < -0.39 is 11.4 Å². The monoisotopic (exact) mass is 573 g/mol. The molecular weight excluding hydrogens is 534 g/mol. The highest BCUT2D eigenvalue weighted by Crippen LogP contribution is 2.56. The van der Waals surface area contributed by atoms with E-state index in [-0.39, 0.29) is 17.6 Å². The Balaban J connectivity index is 1.30. The normalized spacial score (nSPS) is 26.7. The van der Waals surface area contributed by atoms with Gasteiger partial charge in [0, 0.05) is 43.7 Å². The molecule has 1 amide bonds. The second-order valence-corrected chi connectivity index (χ2v) is 13.0. The van der Waals surface area contributed by atoms with Crippen molar-refractivity contribution in [2.24, 2.45) is 0 Å². The van der Waals surface area contributed by atoms with Crippen molar-refractivity contribution < 1.29 is 23.5 Å². The van der Waals surface area contributed by atoms with E-state index in [4.69, 9.17) is 35.3 Å². The third-order valence-electron chi connectivity index (χ3n) is 8.79. The van der Waals surface area contributed by atoms with Gasteiger partial charge in [-0.3, -0.25) is 0 Å². The minimum absolute atomic E-state index is 0.000457. The van der Waals surface area contributed by atoms with Gasteiger partial charge in [0.25, 0.3) is 0 Å². The number of rotatable bonds is 2. The van der Waals surface area contributed by atoms with Crippen LogP contribution in [0, 0.1) is 0 Å². The van der Waals surface area contributed by atoms with Crippen molar-refractivity contribution in [3.05, 3.63) is 22.5 Å². The first-order valence-electron chi connectivity index (χ1n) is 14.7. The lowest BCUT2D eigenvalue weighted by atomic mass is 9.61. The van der Waals surface area contributed by atoms with Crippen LogP contribution in [0.2, 0.25) is 5.15 Å². The number of halogens is 1. The van der Waals surface area contributed by atoms with E-state index in [9.17, 15) is 4.79 Å². The summed E-state index contributed by atoms with van der Waals surface area (Å²) >= 11 is 6.59. The van der Waals surface area contributed by atoms with Gasteiger partial charge in [0.15, 0.2) is 5.79 Å². The predicted molar refractivity (Wildman–Crippen MR) is 149 cm³/mol. The number of hydrogen-bond donors (Lipinski definition) is 0. The maximum Gasteiger partial charge on any atom is 0.410 e. The molecule has 0 bridgehead atoms. The Morgan fingerprint density at radius 2 is 1.82 bits per heavy atom. The molecule has 2 aromatic heterocycles. The molecule has 0 N–H and O–H groups in total. The molecule has 0 unspecified atom stereocenters. The first kappa shape index (κ1) is 27.7. The Bertz CT molecular complexity index is 1260. The maximum atomic E-state index is 12.8. The molecule has 218 valence electrons. The smallest absolute Gasteiger partial charge is 0.410 e. The van der Waals surface area contributed by atoms with E-state index in [2.05, 4.69) is 22.0 Å². The van der Waals surface area contributed by atoms with Gasteiger partial charge in [-0.05, 0) is 66.2 Å². The van der Waals surface area contributed by atoms with Crippen LogP contribution in [0.1, 0.15) is 83.9 Å². The molecule has 10 nitrogen and oxygen atoms in total. The Hall–Kier alpha value is -2.43. The average molecular weight is 574 g/mol. The van der Waals surface area contributed by atoms with Gasteiger partial charge in [0.05, 0.1) is 24.3 Å². The summed E-state index contributed by atoms with van der Waals surface area (Å²) in [7, 11) is 0. The minimum atomic E-state index is -0.629. The van der Waals surface area contributed by atoms with Crippen LogP contribution in [0.3, 0.4) is 0 Å². The molecule has 6 rings (SSSR count). The van der Waals surface area contributed by atoms with Crippen molar-refractivity contribution >= 4 is 23.5 Å². The standard InChI is InChI=1S/C29H40ClN5O5/c1-19-18-34(26(36)39-27(2,3)4)13-8-14-35(19)22-17-21(30)31-25(32-22)23-20-9-7-11-28(24(20)33-40-23)10-5-6-12-29(28)37-15-16-38-29/h17,19H,5-16,18H2,1-4H3/t19-,28-/m0/s1. The molecule has 2 aliphatic carbocycles. The maximum absolute atomic E-state index is 12.8. The molecular formula is C29H40ClN5O5. The summed E-state index contributed by atoms with van der Waals surface area (Å²) in [5.41, 5.74) is 1.13. The first-order valence-corrected chi connectivity index (χ1v) is 15.1. The minimum Gasteiger partial charge on any atom is -0.444 e. The number of hydrogen-bond acceptors (Lipinski definition) is 9. The third-order valence-corrected chi connectivity index (χ3v) is 8.98. The quantitative estimate of drug-likeness (QED) is 0.430. The molecule has 2 saturated heterocycles. The molecule has 4 aliphatic rings. The lowest BCUT2D eigenvalue weighted by Gasteiger charge is -2.50. The predicted octanol–water partition coefficient (Wildman–Crippen LogP) is 5.51. The molecule has 1 saturated carbocycles. The zero-order valence-corrected chi connectivity index (χ0v) is 24.8. The van der Waals surface area contributed by atoms with E-state index in [0.29, 0.717) is 48.9 Å². The molecule has 2 aliphatic heterocycles. The summed E-state index contributed by atoms with van der Waals surface area (Å²) in [6, 6.07) is 1.78. The summed E-state index contributed by atoms with van der Waals surface area (Å²) < 4.78 is 24.4. The molecule has 2 aromatic rings. The fourth-order valence-electron chi connectivity index (χ4n) is 7.13. The largest absolute Gasteiger partial charge is 0.444 e. The van der Waals surface area contributed by atoms with Gasteiger partial charge in [0.1, 0.15) is 16.6 Å². The van der Waals surface area contributed by atoms with Gasteiger partial charge in [-0.2, -0.15) is 0 Å². The number of carbonyl (C=O) groups is 1. The Kier molecular flexibility index (Phi) is 7.24. The van der Waals surface area contributed by atoms with Gasteiger partial charge < -0.3 is 28.5 Å². The van der Waals surface area contributed by atoms with Crippen LogP contribution in [0.4, 0.5) is 10.6 Å². The molecule has 2 spiro atoms. The van der Waals surface area contributed by atoms with Crippen molar-refractivity contribution in [1.29, 1.82) is 0 Å². The number of anilines is 1. The van der Waals surface area contributed by atoms with Gasteiger partial charge >= 0.3 is 6.09 Å². The van der Waals surface area contributed by atoms with Crippen molar-refractivity contribution in [2.45, 2.75) is 102 Å². The highest BCUT2D eigenvalue weighted by atomic mass is 35.5. The number of aromatic nitrogens is 3. The fourth-order valence-corrected chi connectivity index (χ4v) is 7.31. The van der Waals surface area contributed by atoms with Gasteiger partial charge in [-0.1, -0.05) is 23.2 Å². The van der Waals surface area contributed by atoms with Crippen LogP contribution < -0.4 is 4.90 Å². The number of ether oxygens (including phenoxy) is 3. The van der Waals surface area contributed by atoms with E-state index in [1.807, 2.05) is 20.8 Å². The topological polar surface area (TPSA) is 103 Å². The van der Waals surface area contributed by atoms with Crippen LogP contribution in [-0.2, 0) is 26.0 Å². The highest BCUT2D eigenvalue weighted by Gasteiger charge is 2.61. The van der Waals surface area contributed by atoms with Crippen LogP contribution in [0.25, 0.3) is 11.6 Å². The number of fused-ring (bicyclic) bond motifs is 3. The van der Waals surface area contributed by atoms with Crippen molar-refractivity contribution in [1.82, 2.24) is 20.0 Å². The average Bonchev–Trinajstić information content (AvgIpc) is 3.50. The van der Waals surface area contributed by atoms with E-state index in [1.165, 1.54) is 0 Å². The first-order chi connectivity index (χ1) is 19.1. The molecule has 40 heavy (non-hydrogen) atoms. The SMILES string of the molecule is C[C@H]1CN(C(=O)OC(C)(C)C)CCCN1c1cc(Cl)nc(-c2onc3c2CCC[C@@]32CCCCC23OCCO3)n1. The second kappa shape index (κ2) is 10.4. The van der Waals surface area contributed by atoms with Crippen LogP contribution >= 0.6 is 11.6 Å². The summed E-state index contributed by atoms with van der Waals surface area (Å²) in [5, 5.41) is 5.00. The van der Waals surface area contributed by atoms with Crippen molar-refractivity contribution in [3.63, 3.8) is 0 Å². The van der Waals surface area contributed by atoms with Gasteiger partial charge in [-0.25, -0.2) is 14.8 Å². The Morgan fingerprint density at radius 1 is 1.07 bits per heavy atom. The Morgan fingerprint density at radius 3 is 2.60 bits per heavy atom. The van der Waals surface area contributed by atoms with E-state index in [1.54, 1.807) is 11.0 Å². The number of carbonyl (C=O) groups excluding carboxylic acids is 1. The van der Waals surface area contributed by atoms with Crippen LogP contribution in [0.5, 0.6) is 0 Å². The number of amides is 1. The third kappa shape index (κ3) is 4.86. The van der Waals surface area contributed by atoms with E-state index >= 15 is 0 Å². The molecule has 11 heteroatoms. The van der Waals surface area contributed by atoms with E-state index in [0.717, 1.165) is 69.2 Å². The lowest BCUT2D eigenvalue weighted by molar-refractivity contribution is -0.231. The van der Waals surface area contributed by atoms with Gasteiger partial charge in [0.2, 0.25) is 11.6 Å². The summed E-state index contributed by atoms with van der Waals surface area (Å²) in [6.07, 6.45) is 7.32. The summed E-state index contributed by atoms with van der Waals surface area (Å²) in [4.78, 5) is 26.3. The second-order valence-electron chi connectivity index (χ2n) is 12.6. The van der Waals surface area contributed by atoms with Gasteiger partial charge in [-0.15, -0.1) is 0 Å². The zero-order chi connectivity index (χ0) is 28.1. The zero-order valence-electron chi connectivity index (χ0n) is 24.0. The molecule has 0 aromatic carbocycles. The molecule has 4 heterocycles. The number of nitrogens with zero attached hydrogens (tertiary/aromatic N) is 5. The van der Waals surface area contributed by atoms with Crippen LogP contribution in [-0.4, -0.2) is 76.4 Å². The highest BCUT2D eigenvalue weighted by molar-refractivity contribution is 6.29. The lowest BCUT2D eigenvalue weighted by Crippen LogP contribution is -2.56. The Labute approximate surface area is 240 Å². The summed E-state index contributed by atoms with van der Waals surface area (Å²) in [5.74, 6) is 1.10. The molecule has 2 atom stereocenters. The molecule has 0 radical (unpaired) electrons. The fraction of sp³-hybridized carbons (Fsp3) is 0.724. The summed E-state index contributed by atoms with van der Waals surface area (Å²) in [6.45, 7) is 10.8. The molecule has 3 fully saturated rings. The van der Waals surface area contributed by atoms with Crippen LogP contribution in [0.15, 0.2) is 10.6 Å².